The Hall–Kier alpha value is -4.39. The van der Waals surface area contributed by atoms with Crippen molar-refractivity contribution in [2.45, 2.75) is 22.5 Å². The summed E-state index contributed by atoms with van der Waals surface area (Å²) in [6.07, 6.45) is -9.69. The fourth-order valence-corrected chi connectivity index (χ4v) is 4.57. The molecule has 0 radical (unpaired) electrons. The van der Waals surface area contributed by atoms with Crippen LogP contribution in [0.4, 0.5) is 26.3 Å². The van der Waals surface area contributed by atoms with E-state index in [1.807, 2.05) is 0 Å². The van der Waals surface area contributed by atoms with Crippen molar-refractivity contribution >= 4 is 9.84 Å². The smallest absolute Gasteiger partial charge is 0.457 e. The quantitative estimate of drug-likeness (QED) is 0.201. The summed E-state index contributed by atoms with van der Waals surface area (Å²) in [6.45, 7) is 0. The third-order valence-corrected chi connectivity index (χ3v) is 6.57. The van der Waals surface area contributed by atoms with Gasteiger partial charge >= 0.3 is 12.7 Å². The molecule has 0 saturated carbocycles. The minimum Gasteiger partial charge on any atom is -0.457 e. The number of halogens is 6. The number of ether oxygens (including phenoxy) is 4. The van der Waals surface area contributed by atoms with Gasteiger partial charge in [0.2, 0.25) is 9.84 Å². The van der Waals surface area contributed by atoms with Gasteiger partial charge in [0.05, 0.1) is 9.79 Å². The van der Waals surface area contributed by atoms with E-state index in [0.717, 1.165) is 24.3 Å². The summed E-state index contributed by atoms with van der Waals surface area (Å²) >= 11 is 0. The molecule has 0 fully saturated rings. The molecule has 0 bridgehead atoms. The first kappa shape index (κ1) is 27.6. The van der Waals surface area contributed by atoms with Crippen LogP contribution in [0, 0.1) is 0 Å². The summed E-state index contributed by atoms with van der Waals surface area (Å²) in [7, 11) is -4.07. The van der Waals surface area contributed by atoms with Gasteiger partial charge in [-0.3, -0.25) is 0 Å². The third-order valence-electron chi connectivity index (χ3n) is 4.82. The van der Waals surface area contributed by atoms with Crippen molar-refractivity contribution in [3.05, 3.63) is 97.1 Å². The molecule has 6 nitrogen and oxygen atoms in total. The molecule has 0 unspecified atom stereocenters. The standard InChI is InChI=1S/C26H16F6O6S/c27-25(28,29)37-19-11-7-17(8-12-19)35-21-3-1-5-23(15-21)39(33,34)24-6-2-4-22(16-24)36-18-9-13-20(14-10-18)38-26(30,31)32/h1-16H. The predicted molar refractivity (Wildman–Crippen MR) is 125 cm³/mol. The van der Waals surface area contributed by atoms with Crippen LogP contribution in [0.2, 0.25) is 0 Å². The highest BCUT2D eigenvalue weighted by atomic mass is 32.2. The molecule has 0 aliphatic rings. The van der Waals surface area contributed by atoms with Crippen molar-refractivity contribution in [3.8, 4) is 34.5 Å². The van der Waals surface area contributed by atoms with Gasteiger partial charge in [-0.05, 0) is 84.9 Å². The minimum absolute atomic E-state index is 0.106. The highest BCUT2D eigenvalue weighted by Gasteiger charge is 2.31. The monoisotopic (exact) mass is 570 g/mol. The van der Waals surface area contributed by atoms with Gasteiger partial charge in [0.15, 0.2) is 0 Å². The first-order valence-electron chi connectivity index (χ1n) is 10.8. The lowest BCUT2D eigenvalue weighted by atomic mass is 10.3. The number of rotatable bonds is 8. The Balaban J connectivity index is 1.49. The maximum absolute atomic E-state index is 13.2. The van der Waals surface area contributed by atoms with E-state index < -0.39 is 34.1 Å². The molecule has 0 heterocycles. The number of sulfone groups is 1. The van der Waals surface area contributed by atoms with Crippen LogP contribution in [0.5, 0.6) is 34.5 Å². The molecule has 0 atom stereocenters. The van der Waals surface area contributed by atoms with Crippen LogP contribution in [0.1, 0.15) is 0 Å². The van der Waals surface area contributed by atoms with Crippen molar-refractivity contribution in [1.82, 2.24) is 0 Å². The van der Waals surface area contributed by atoms with Crippen LogP contribution in [0.15, 0.2) is 107 Å². The lowest BCUT2D eigenvalue weighted by molar-refractivity contribution is -0.275. The second kappa shape index (κ2) is 10.8. The average Bonchev–Trinajstić information content (AvgIpc) is 2.85. The SMILES string of the molecule is O=S(=O)(c1cccc(Oc2ccc(OC(F)(F)F)cc2)c1)c1cccc(Oc2ccc(OC(F)(F)F)cc2)c1. The second-order valence-corrected chi connectivity index (χ2v) is 9.65. The molecule has 0 aromatic heterocycles. The zero-order valence-electron chi connectivity index (χ0n) is 19.4. The Kier molecular flexibility index (Phi) is 7.63. The van der Waals surface area contributed by atoms with Gasteiger partial charge in [-0.2, -0.15) is 0 Å². The van der Waals surface area contributed by atoms with Crippen LogP contribution < -0.4 is 18.9 Å². The second-order valence-electron chi connectivity index (χ2n) is 7.70. The molecule has 204 valence electrons. The van der Waals surface area contributed by atoms with Gasteiger partial charge < -0.3 is 18.9 Å². The fraction of sp³-hybridized carbons (Fsp3) is 0.0769. The van der Waals surface area contributed by atoms with Gasteiger partial charge in [-0.15, -0.1) is 26.3 Å². The van der Waals surface area contributed by atoms with Crippen LogP contribution in [-0.2, 0) is 9.84 Å². The molecule has 0 N–H and O–H groups in total. The maximum Gasteiger partial charge on any atom is 0.573 e. The zero-order valence-corrected chi connectivity index (χ0v) is 20.2. The van der Waals surface area contributed by atoms with Crippen molar-refractivity contribution in [2.24, 2.45) is 0 Å². The van der Waals surface area contributed by atoms with E-state index >= 15 is 0 Å². The summed E-state index contributed by atoms with van der Waals surface area (Å²) in [6, 6.07) is 20.0. The van der Waals surface area contributed by atoms with Gasteiger partial charge in [0.25, 0.3) is 0 Å². The van der Waals surface area contributed by atoms with Gasteiger partial charge in [0, 0.05) is 0 Å². The topological polar surface area (TPSA) is 71.1 Å². The minimum atomic E-state index is -4.84. The molecule has 0 spiro atoms. The first-order valence-corrected chi connectivity index (χ1v) is 12.3. The Bertz CT molecular complexity index is 1420. The Morgan fingerprint density at radius 3 is 1.13 bits per heavy atom. The number of hydrogen-bond acceptors (Lipinski definition) is 6. The Morgan fingerprint density at radius 1 is 0.462 bits per heavy atom. The van der Waals surface area contributed by atoms with E-state index in [0.29, 0.717) is 0 Å². The molecule has 0 saturated heterocycles. The van der Waals surface area contributed by atoms with Crippen molar-refractivity contribution in [2.75, 3.05) is 0 Å². The van der Waals surface area contributed by atoms with Gasteiger partial charge in [0.1, 0.15) is 34.5 Å². The van der Waals surface area contributed by atoms with Gasteiger partial charge in [-0.1, -0.05) is 12.1 Å². The van der Waals surface area contributed by atoms with Crippen molar-refractivity contribution < 1.29 is 53.7 Å². The van der Waals surface area contributed by atoms with E-state index in [4.69, 9.17) is 9.47 Å². The molecule has 4 aromatic carbocycles. The Morgan fingerprint density at radius 2 is 0.795 bits per heavy atom. The number of alkyl halides is 6. The van der Waals surface area contributed by atoms with Crippen LogP contribution >= 0.6 is 0 Å². The summed E-state index contributed by atoms with van der Waals surface area (Å²) in [5.74, 6) is -0.400. The zero-order chi connectivity index (χ0) is 28.3. The molecular formula is C26H16F6O6S. The molecule has 0 aliphatic carbocycles. The molecule has 39 heavy (non-hydrogen) atoms. The van der Waals surface area contributed by atoms with Gasteiger partial charge in [-0.25, -0.2) is 8.42 Å². The van der Waals surface area contributed by atoms with E-state index in [1.165, 1.54) is 72.8 Å². The summed E-state index contributed by atoms with van der Waals surface area (Å²) < 4.78 is 119. The molecule has 13 heteroatoms. The number of benzene rings is 4. The Labute approximate surface area is 217 Å². The van der Waals surface area contributed by atoms with E-state index in [9.17, 15) is 34.8 Å². The molecule has 0 aliphatic heterocycles. The van der Waals surface area contributed by atoms with Crippen molar-refractivity contribution in [1.29, 1.82) is 0 Å². The van der Waals surface area contributed by atoms with Crippen LogP contribution in [0.25, 0.3) is 0 Å². The lowest BCUT2D eigenvalue weighted by Gasteiger charge is -2.12. The maximum atomic E-state index is 13.2. The summed E-state index contributed by atoms with van der Waals surface area (Å²) in [5.41, 5.74) is 0. The largest absolute Gasteiger partial charge is 0.573 e. The first-order chi connectivity index (χ1) is 18.3. The van der Waals surface area contributed by atoms with Crippen LogP contribution in [-0.4, -0.2) is 21.1 Å². The third kappa shape index (κ3) is 7.80. The molecule has 4 rings (SSSR count). The van der Waals surface area contributed by atoms with E-state index in [2.05, 4.69) is 9.47 Å². The highest BCUT2D eigenvalue weighted by molar-refractivity contribution is 7.91. The highest BCUT2D eigenvalue weighted by Crippen LogP contribution is 2.32. The molecule has 4 aromatic rings. The predicted octanol–water partition coefficient (Wildman–Crippen LogP) is 7.90. The van der Waals surface area contributed by atoms with E-state index in [-0.39, 0.29) is 32.8 Å². The fourth-order valence-electron chi connectivity index (χ4n) is 3.24. The summed E-state index contributed by atoms with van der Waals surface area (Å²) in [4.78, 5) is -0.273. The van der Waals surface area contributed by atoms with Crippen molar-refractivity contribution in [3.63, 3.8) is 0 Å². The molecular weight excluding hydrogens is 554 g/mol. The van der Waals surface area contributed by atoms with E-state index in [1.54, 1.807) is 0 Å². The van der Waals surface area contributed by atoms with Crippen LogP contribution in [0.3, 0.4) is 0 Å². The summed E-state index contributed by atoms with van der Waals surface area (Å²) in [5, 5.41) is 0. The average molecular weight is 570 g/mol. The normalized spacial score (nSPS) is 12.1. The lowest BCUT2D eigenvalue weighted by Crippen LogP contribution is -2.16. The molecule has 0 amide bonds. The number of hydrogen-bond donors (Lipinski definition) is 0.